The molecule has 2 rings (SSSR count). The van der Waals surface area contributed by atoms with Gasteiger partial charge in [-0.3, -0.25) is 5.73 Å². The Kier molecular flexibility index (Phi) is 2.15. The molecule has 2 aromatic rings. The molecular formula is C11H11N2. The van der Waals surface area contributed by atoms with Crippen LogP contribution in [0.1, 0.15) is 5.56 Å². The third-order valence-electron chi connectivity index (χ3n) is 2.02. The fourth-order valence-electron chi connectivity index (χ4n) is 1.33. The van der Waals surface area contributed by atoms with Crippen LogP contribution in [0.15, 0.2) is 48.8 Å². The molecule has 0 atom stereocenters. The number of hydrogen-bond acceptors (Lipinski definition) is 0. The van der Waals surface area contributed by atoms with E-state index in [1.807, 2.05) is 53.4 Å². The van der Waals surface area contributed by atoms with E-state index >= 15 is 0 Å². The highest BCUT2D eigenvalue weighted by molar-refractivity contribution is 5.36. The van der Waals surface area contributed by atoms with Crippen molar-refractivity contribution >= 4 is 0 Å². The third kappa shape index (κ3) is 1.63. The van der Waals surface area contributed by atoms with Gasteiger partial charge in [-0.1, -0.05) is 12.1 Å². The lowest BCUT2D eigenvalue weighted by Gasteiger charge is -2.03. The van der Waals surface area contributed by atoms with Gasteiger partial charge < -0.3 is 4.57 Å². The molecule has 0 spiro atoms. The number of hydrogen-bond donors (Lipinski definition) is 0. The second-order valence-electron chi connectivity index (χ2n) is 2.94. The normalized spacial score (nSPS) is 10.2. The van der Waals surface area contributed by atoms with Gasteiger partial charge in [0.15, 0.2) is 0 Å². The zero-order chi connectivity index (χ0) is 9.10. The van der Waals surface area contributed by atoms with Gasteiger partial charge in [0.05, 0.1) is 0 Å². The fourth-order valence-corrected chi connectivity index (χ4v) is 1.33. The van der Waals surface area contributed by atoms with Crippen molar-refractivity contribution in [3.8, 4) is 5.69 Å². The molecular weight excluding hydrogens is 160 g/mol. The second kappa shape index (κ2) is 3.46. The highest BCUT2D eigenvalue weighted by atomic mass is 14.9. The van der Waals surface area contributed by atoms with E-state index < -0.39 is 0 Å². The SMILES string of the molecule is [NH]Cc1cccc(-n2cccc2)c1. The van der Waals surface area contributed by atoms with E-state index in [1.165, 1.54) is 0 Å². The second-order valence-corrected chi connectivity index (χ2v) is 2.94. The minimum atomic E-state index is 0.342. The Morgan fingerprint density at radius 1 is 1.08 bits per heavy atom. The number of nitrogens with zero attached hydrogens (tertiary/aromatic N) is 1. The average Bonchev–Trinajstić information content (AvgIpc) is 2.71. The van der Waals surface area contributed by atoms with Crippen LogP contribution in [-0.4, -0.2) is 4.57 Å². The van der Waals surface area contributed by atoms with E-state index in [9.17, 15) is 0 Å². The van der Waals surface area contributed by atoms with Crippen LogP contribution in [-0.2, 0) is 6.54 Å². The maximum atomic E-state index is 7.26. The lowest BCUT2D eigenvalue weighted by atomic mass is 10.2. The summed E-state index contributed by atoms with van der Waals surface area (Å²) in [4.78, 5) is 0. The van der Waals surface area contributed by atoms with Crippen molar-refractivity contribution in [2.45, 2.75) is 6.54 Å². The Balaban J connectivity index is 2.41. The van der Waals surface area contributed by atoms with Gasteiger partial charge in [0.2, 0.25) is 0 Å². The molecule has 0 fully saturated rings. The van der Waals surface area contributed by atoms with Crippen molar-refractivity contribution in [3.63, 3.8) is 0 Å². The Labute approximate surface area is 77.6 Å². The van der Waals surface area contributed by atoms with Crippen molar-refractivity contribution in [2.24, 2.45) is 0 Å². The van der Waals surface area contributed by atoms with E-state index in [-0.39, 0.29) is 0 Å². The van der Waals surface area contributed by atoms with E-state index in [0.717, 1.165) is 11.3 Å². The summed E-state index contributed by atoms with van der Waals surface area (Å²) in [7, 11) is 0. The van der Waals surface area contributed by atoms with Crippen LogP contribution in [0.25, 0.3) is 5.69 Å². The molecule has 0 unspecified atom stereocenters. The van der Waals surface area contributed by atoms with Gasteiger partial charge in [-0.2, -0.15) is 0 Å². The van der Waals surface area contributed by atoms with E-state index in [2.05, 4.69) is 0 Å². The largest absolute Gasteiger partial charge is 0.324 e. The minimum absolute atomic E-state index is 0.342. The summed E-state index contributed by atoms with van der Waals surface area (Å²) < 4.78 is 2.04. The van der Waals surface area contributed by atoms with Crippen LogP contribution in [0, 0.1) is 0 Å². The minimum Gasteiger partial charge on any atom is -0.324 e. The molecule has 2 heteroatoms. The Hall–Kier alpha value is -1.54. The van der Waals surface area contributed by atoms with Crippen molar-refractivity contribution in [2.75, 3.05) is 0 Å². The predicted molar refractivity (Wildman–Crippen MR) is 52.6 cm³/mol. The smallest absolute Gasteiger partial charge is 0.0452 e. The molecule has 0 bridgehead atoms. The molecule has 0 saturated carbocycles. The highest BCUT2D eigenvalue weighted by Gasteiger charge is 1.94. The highest BCUT2D eigenvalue weighted by Crippen LogP contribution is 2.10. The molecule has 13 heavy (non-hydrogen) atoms. The molecule has 0 aliphatic heterocycles. The first-order valence-electron chi connectivity index (χ1n) is 4.27. The maximum absolute atomic E-state index is 7.26. The van der Waals surface area contributed by atoms with Crippen LogP contribution in [0.3, 0.4) is 0 Å². The van der Waals surface area contributed by atoms with E-state index in [1.54, 1.807) is 0 Å². The molecule has 1 aromatic heterocycles. The van der Waals surface area contributed by atoms with Crippen LogP contribution in [0.4, 0.5) is 0 Å². The van der Waals surface area contributed by atoms with Crippen LogP contribution >= 0.6 is 0 Å². The molecule has 1 heterocycles. The summed E-state index contributed by atoms with van der Waals surface area (Å²) in [6, 6.07) is 12.0. The zero-order valence-electron chi connectivity index (χ0n) is 7.27. The molecule has 1 radical (unpaired) electrons. The van der Waals surface area contributed by atoms with Gasteiger partial charge >= 0.3 is 0 Å². The molecule has 65 valence electrons. The number of nitrogens with one attached hydrogen (secondary N) is 1. The van der Waals surface area contributed by atoms with Crippen LogP contribution in [0.2, 0.25) is 0 Å². The van der Waals surface area contributed by atoms with Gasteiger partial charge in [-0.05, 0) is 29.8 Å². The molecule has 2 nitrogen and oxygen atoms in total. The Morgan fingerprint density at radius 2 is 1.85 bits per heavy atom. The van der Waals surface area contributed by atoms with E-state index in [0.29, 0.717) is 6.54 Å². The predicted octanol–water partition coefficient (Wildman–Crippen LogP) is 2.26. The fraction of sp³-hybridized carbons (Fsp3) is 0.0909. The topological polar surface area (TPSA) is 28.7 Å². The molecule has 0 aliphatic carbocycles. The first-order valence-corrected chi connectivity index (χ1v) is 4.27. The molecule has 0 aliphatic rings. The van der Waals surface area contributed by atoms with Gasteiger partial charge in [-0.25, -0.2) is 0 Å². The maximum Gasteiger partial charge on any atom is 0.0452 e. The van der Waals surface area contributed by atoms with Crippen molar-refractivity contribution in [1.29, 1.82) is 0 Å². The number of rotatable bonds is 2. The Bertz CT molecular complexity index is 377. The number of aromatic nitrogens is 1. The van der Waals surface area contributed by atoms with Gasteiger partial charge in [0, 0.05) is 24.6 Å². The summed E-state index contributed by atoms with van der Waals surface area (Å²) in [5.74, 6) is 0. The lowest BCUT2D eigenvalue weighted by Crippen LogP contribution is -1.91. The first-order chi connectivity index (χ1) is 6.40. The standard InChI is InChI=1S/C11H11N2/c12-9-10-4-3-5-11(8-10)13-6-1-2-7-13/h1-8,12H,9H2. The van der Waals surface area contributed by atoms with Gasteiger partial charge in [0.25, 0.3) is 0 Å². The number of benzene rings is 1. The molecule has 1 aromatic carbocycles. The Morgan fingerprint density at radius 3 is 2.54 bits per heavy atom. The van der Waals surface area contributed by atoms with Crippen LogP contribution in [0.5, 0.6) is 0 Å². The molecule has 0 amide bonds. The molecule has 1 N–H and O–H groups in total. The molecule has 0 saturated heterocycles. The van der Waals surface area contributed by atoms with Crippen molar-refractivity contribution in [3.05, 3.63) is 54.4 Å². The monoisotopic (exact) mass is 171 g/mol. The van der Waals surface area contributed by atoms with Crippen molar-refractivity contribution < 1.29 is 0 Å². The third-order valence-corrected chi connectivity index (χ3v) is 2.02. The van der Waals surface area contributed by atoms with Gasteiger partial charge in [0.1, 0.15) is 0 Å². The van der Waals surface area contributed by atoms with E-state index in [4.69, 9.17) is 5.73 Å². The first kappa shape index (κ1) is 8.08. The van der Waals surface area contributed by atoms with Gasteiger partial charge in [-0.15, -0.1) is 0 Å². The van der Waals surface area contributed by atoms with Crippen LogP contribution < -0.4 is 5.73 Å². The average molecular weight is 171 g/mol. The quantitative estimate of drug-likeness (QED) is 0.663. The lowest BCUT2D eigenvalue weighted by molar-refractivity contribution is 1.01. The summed E-state index contributed by atoms with van der Waals surface area (Å²) in [6.07, 6.45) is 4.01. The summed E-state index contributed by atoms with van der Waals surface area (Å²) in [6.45, 7) is 0.342. The summed E-state index contributed by atoms with van der Waals surface area (Å²) in [5, 5.41) is 0. The summed E-state index contributed by atoms with van der Waals surface area (Å²) in [5.41, 5.74) is 9.42. The zero-order valence-corrected chi connectivity index (χ0v) is 7.27. The summed E-state index contributed by atoms with van der Waals surface area (Å²) >= 11 is 0. The van der Waals surface area contributed by atoms with Crippen molar-refractivity contribution in [1.82, 2.24) is 10.3 Å².